The third-order valence-corrected chi connectivity index (χ3v) is 4.27. The van der Waals surface area contributed by atoms with E-state index < -0.39 is 28.5 Å². The maximum absolute atomic E-state index is 15.2. The Morgan fingerprint density at radius 3 is 2.42 bits per heavy atom. The van der Waals surface area contributed by atoms with E-state index in [1.807, 2.05) is 0 Å². The number of aromatic nitrogens is 2. The highest BCUT2D eigenvalue weighted by molar-refractivity contribution is 7.85. The number of alkyl halides is 1. The van der Waals surface area contributed by atoms with Crippen LogP contribution < -0.4 is 14.2 Å². The fourth-order valence-corrected chi connectivity index (χ4v) is 2.89. The molecule has 0 amide bonds. The van der Waals surface area contributed by atoms with Crippen molar-refractivity contribution < 1.29 is 31.2 Å². The first kappa shape index (κ1) is 18.7. The van der Waals surface area contributed by atoms with E-state index in [0.717, 1.165) is 12.7 Å². The second-order valence-corrected chi connectivity index (χ2v) is 7.23. The van der Waals surface area contributed by atoms with Crippen molar-refractivity contribution in [1.29, 1.82) is 0 Å². The van der Waals surface area contributed by atoms with Crippen molar-refractivity contribution in [1.82, 2.24) is 9.97 Å². The van der Waals surface area contributed by atoms with Crippen LogP contribution in [0.3, 0.4) is 0 Å². The third-order valence-electron chi connectivity index (χ3n) is 3.72. The van der Waals surface area contributed by atoms with Gasteiger partial charge in [0.1, 0.15) is 12.7 Å². The van der Waals surface area contributed by atoms with E-state index in [1.165, 1.54) is 20.3 Å². The summed E-state index contributed by atoms with van der Waals surface area (Å²) in [4.78, 5) is 8.01. The van der Waals surface area contributed by atoms with Gasteiger partial charge in [-0.05, 0) is 25.7 Å². The molecule has 2 unspecified atom stereocenters. The second kappa shape index (κ2) is 7.47. The lowest BCUT2D eigenvalue weighted by atomic mass is 9.84. The Kier molecular flexibility index (Phi) is 5.81. The van der Waals surface area contributed by atoms with Gasteiger partial charge in [-0.1, -0.05) is 0 Å². The summed E-state index contributed by atoms with van der Waals surface area (Å²) in [5.74, 6) is 0.425. The topological polar surface area (TPSA) is 96.8 Å². The molecule has 0 aliphatic heterocycles. The Labute approximate surface area is 140 Å². The van der Waals surface area contributed by atoms with E-state index >= 15 is 4.39 Å². The van der Waals surface area contributed by atoms with Gasteiger partial charge < -0.3 is 14.2 Å². The monoisotopic (exact) mass is 364 g/mol. The smallest absolute Gasteiger partial charge is 0.323 e. The maximum Gasteiger partial charge on any atom is 0.323 e. The summed E-state index contributed by atoms with van der Waals surface area (Å²) in [5.41, 5.74) is -1.94. The van der Waals surface area contributed by atoms with Crippen molar-refractivity contribution in [2.75, 3.05) is 27.1 Å². The first-order valence-corrected chi connectivity index (χ1v) is 9.24. The number of hydrogen-bond donors (Lipinski definition) is 0. The minimum Gasteiger partial charge on any atom is -0.481 e. The molecular formula is C14H21FN2O6S. The quantitative estimate of drug-likeness (QED) is 0.672. The lowest BCUT2D eigenvalue weighted by Crippen LogP contribution is -2.48. The number of rotatable bonds is 7. The number of methoxy groups -OCH3 is 2. The Bertz CT molecular complexity index is 649. The highest BCUT2D eigenvalue weighted by Crippen LogP contribution is 2.35. The lowest BCUT2D eigenvalue weighted by Gasteiger charge is -2.36. The van der Waals surface area contributed by atoms with Gasteiger partial charge in [0, 0.05) is 0 Å². The lowest BCUT2D eigenvalue weighted by molar-refractivity contribution is -0.0540. The van der Waals surface area contributed by atoms with Crippen molar-refractivity contribution >= 4 is 10.1 Å². The molecule has 0 aromatic carbocycles. The number of halogens is 1. The van der Waals surface area contributed by atoms with Gasteiger partial charge in [0.25, 0.3) is 10.1 Å². The molecule has 136 valence electrons. The van der Waals surface area contributed by atoms with E-state index in [9.17, 15) is 8.42 Å². The van der Waals surface area contributed by atoms with Gasteiger partial charge >= 0.3 is 6.01 Å². The van der Waals surface area contributed by atoms with Crippen molar-refractivity contribution in [2.24, 2.45) is 0 Å². The van der Waals surface area contributed by atoms with Crippen molar-refractivity contribution in [2.45, 2.75) is 37.5 Å². The minimum absolute atomic E-state index is 0.0977. The molecule has 1 heterocycles. The second-order valence-electron chi connectivity index (χ2n) is 5.59. The molecule has 2 atom stereocenters. The van der Waals surface area contributed by atoms with Gasteiger partial charge in [0.15, 0.2) is 5.67 Å². The zero-order chi connectivity index (χ0) is 17.8. The average Bonchev–Trinajstić information content (AvgIpc) is 2.54. The molecule has 0 bridgehead atoms. The summed E-state index contributed by atoms with van der Waals surface area (Å²) in [6.07, 6.45) is 1.85. The molecule has 0 radical (unpaired) electrons. The number of nitrogens with zero attached hydrogens (tertiary/aromatic N) is 2. The molecule has 0 N–H and O–H groups in total. The zero-order valence-electron chi connectivity index (χ0n) is 13.8. The fraction of sp³-hybridized carbons (Fsp3) is 0.714. The highest BCUT2D eigenvalue weighted by Gasteiger charge is 2.44. The summed E-state index contributed by atoms with van der Waals surface area (Å²) < 4.78 is 57.8. The largest absolute Gasteiger partial charge is 0.481 e. The molecule has 2 rings (SSSR count). The van der Waals surface area contributed by atoms with Gasteiger partial charge in [0.2, 0.25) is 11.8 Å². The number of ether oxygens (including phenoxy) is 3. The van der Waals surface area contributed by atoms with E-state index in [2.05, 4.69) is 14.2 Å². The van der Waals surface area contributed by atoms with Crippen LogP contribution in [0.15, 0.2) is 6.07 Å². The predicted octanol–water partition coefficient (Wildman–Crippen LogP) is 1.50. The summed E-state index contributed by atoms with van der Waals surface area (Å²) >= 11 is 0. The molecule has 0 saturated heterocycles. The summed E-state index contributed by atoms with van der Waals surface area (Å²) in [7, 11) is -0.902. The summed E-state index contributed by atoms with van der Waals surface area (Å²) in [5, 5.41) is 0. The average molecular weight is 364 g/mol. The van der Waals surface area contributed by atoms with E-state index in [4.69, 9.17) is 14.2 Å². The van der Waals surface area contributed by atoms with E-state index in [-0.39, 0.29) is 24.2 Å². The van der Waals surface area contributed by atoms with Crippen molar-refractivity contribution in [3.05, 3.63) is 6.07 Å². The first-order valence-electron chi connectivity index (χ1n) is 7.43. The van der Waals surface area contributed by atoms with Gasteiger partial charge in [-0.15, -0.1) is 0 Å². The van der Waals surface area contributed by atoms with E-state index in [0.29, 0.717) is 12.8 Å². The number of hydrogen-bond acceptors (Lipinski definition) is 8. The molecule has 24 heavy (non-hydrogen) atoms. The van der Waals surface area contributed by atoms with Crippen molar-refractivity contribution in [3.63, 3.8) is 0 Å². The standard InChI is InChI=1S/C14H21FN2O6S/c1-20-11-8-12(21-2)17-13(16-11)23-10-6-4-5-7-14(10,15)9-22-24(3,18)19/h8,10H,4-7,9H2,1-3H3. The van der Waals surface area contributed by atoms with Crippen LogP contribution in [-0.4, -0.2) is 57.2 Å². The fourth-order valence-electron chi connectivity index (χ4n) is 2.48. The Morgan fingerprint density at radius 1 is 1.25 bits per heavy atom. The van der Waals surface area contributed by atoms with Crippen LogP contribution in [-0.2, 0) is 14.3 Å². The minimum atomic E-state index is -3.75. The summed E-state index contributed by atoms with van der Waals surface area (Å²) in [6, 6.07) is 1.36. The van der Waals surface area contributed by atoms with Gasteiger partial charge in [-0.3, -0.25) is 4.18 Å². The van der Waals surface area contributed by atoms with Crippen LogP contribution in [0.25, 0.3) is 0 Å². The normalized spacial score (nSPS) is 24.4. The first-order chi connectivity index (χ1) is 11.3. The van der Waals surface area contributed by atoms with Crippen LogP contribution in [0.1, 0.15) is 25.7 Å². The zero-order valence-corrected chi connectivity index (χ0v) is 14.6. The third kappa shape index (κ3) is 4.91. The van der Waals surface area contributed by atoms with Gasteiger partial charge in [-0.2, -0.15) is 18.4 Å². The van der Waals surface area contributed by atoms with Crippen LogP contribution >= 0.6 is 0 Å². The van der Waals surface area contributed by atoms with E-state index in [1.54, 1.807) is 0 Å². The molecule has 1 aromatic heterocycles. The molecule has 10 heteroatoms. The van der Waals surface area contributed by atoms with Crippen LogP contribution in [0.4, 0.5) is 4.39 Å². The Balaban J connectivity index is 2.18. The SMILES string of the molecule is COc1cc(OC)nc(OC2CCCCC2(F)COS(C)(=O)=O)n1. The Morgan fingerprint density at radius 2 is 1.88 bits per heavy atom. The molecule has 1 aliphatic rings. The maximum atomic E-state index is 15.2. The van der Waals surface area contributed by atoms with Crippen molar-refractivity contribution in [3.8, 4) is 17.8 Å². The van der Waals surface area contributed by atoms with Gasteiger partial charge in [0.05, 0.1) is 26.5 Å². The van der Waals surface area contributed by atoms with Gasteiger partial charge in [-0.25, -0.2) is 4.39 Å². The van der Waals surface area contributed by atoms with Crippen LogP contribution in [0, 0.1) is 0 Å². The molecule has 1 fully saturated rings. The Hall–Kier alpha value is -1.68. The van der Waals surface area contributed by atoms with Crippen LogP contribution in [0.2, 0.25) is 0 Å². The molecule has 8 nitrogen and oxygen atoms in total. The van der Waals surface area contributed by atoms with Crippen LogP contribution in [0.5, 0.6) is 17.8 Å². The predicted molar refractivity (Wildman–Crippen MR) is 82.7 cm³/mol. The molecule has 0 spiro atoms. The molecule has 1 saturated carbocycles. The highest BCUT2D eigenvalue weighted by atomic mass is 32.2. The molecule has 1 aliphatic carbocycles. The summed E-state index contributed by atoms with van der Waals surface area (Å²) in [6.45, 7) is -0.600. The molecule has 1 aromatic rings. The molecular weight excluding hydrogens is 343 g/mol.